The summed E-state index contributed by atoms with van der Waals surface area (Å²) in [5, 5.41) is 12.0. The molecule has 3 rings (SSSR count). The molecule has 2 N–H and O–H groups in total. The molecular formula is C16H19BrN4O. The van der Waals surface area contributed by atoms with E-state index in [0.29, 0.717) is 18.9 Å². The highest BCUT2D eigenvalue weighted by atomic mass is 79.9. The molecule has 0 spiro atoms. The number of hydrogen-bond donors (Lipinski definition) is 2. The Morgan fingerprint density at radius 2 is 2.18 bits per heavy atom. The standard InChI is InChI=1S/C16H19BrN4O/c17-14-3-2-13-11-21(8-5-12(13)10-14)15-4-7-19-16(20-15)18-6-1-9-22/h2-4,7,10,22H,1,5-6,8-9,11H2,(H,18,19,20). The van der Waals surface area contributed by atoms with Gasteiger partial charge in [0.25, 0.3) is 0 Å². The summed E-state index contributed by atoms with van der Waals surface area (Å²) >= 11 is 3.53. The van der Waals surface area contributed by atoms with Crippen LogP contribution in [0, 0.1) is 0 Å². The third-order valence-electron chi connectivity index (χ3n) is 3.76. The maximum atomic E-state index is 8.82. The van der Waals surface area contributed by atoms with Crippen molar-refractivity contribution >= 4 is 27.7 Å². The van der Waals surface area contributed by atoms with Gasteiger partial charge >= 0.3 is 0 Å². The molecule has 1 aromatic heterocycles. The van der Waals surface area contributed by atoms with Crippen LogP contribution < -0.4 is 10.2 Å². The lowest BCUT2D eigenvalue weighted by atomic mass is 10.00. The SMILES string of the molecule is OCCCNc1nccc(N2CCc3cc(Br)ccc3C2)n1. The first-order valence-electron chi connectivity index (χ1n) is 7.46. The zero-order valence-corrected chi connectivity index (χ0v) is 13.9. The van der Waals surface area contributed by atoms with E-state index in [2.05, 4.69) is 54.3 Å². The first-order chi connectivity index (χ1) is 10.8. The first kappa shape index (κ1) is 15.2. The van der Waals surface area contributed by atoms with Gasteiger partial charge in [0, 0.05) is 36.9 Å². The molecule has 1 aliphatic heterocycles. The molecule has 0 bridgehead atoms. The van der Waals surface area contributed by atoms with Crippen molar-refractivity contribution in [2.75, 3.05) is 29.9 Å². The van der Waals surface area contributed by atoms with Crippen molar-refractivity contribution in [3.05, 3.63) is 46.1 Å². The van der Waals surface area contributed by atoms with E-state index in [9.17, 15) is 0 Å². The number of aliphatic hydroxyl groups excluding tert-OH is 1. The summed E-state index contributed by atoms with van der Waals surface area (Å²) in [7, 11) is 0. The lowest BCUT2D eigenvalue weighted by molar-refractivity contribution is 0.292. The molecule has 0 fully saturated rings. The fraction of sp³-hybridized carbons (Fsp3) is 0.375. The fourth-order valence-corrected chi connectivity index (χ4v) is 3.02. The number of halogens is 1. The van der Waals surface area contributed by atoms with Crippen LogP contribution in [0.2, 0.25) is 0 Å². The van der Waals surface area contributed by atoms with Crippen LogP contribution in [-0.2, 0) is 13.0 Å². The zero-order valence-electron chi connectivity index (χ0n) is 12.3. The van der Waals surface area contributed by atoms with Crippen LogP contribution in [0.25, 0.3) is 0 Å². The van der Waals surface area contributed by atoms with Gasteiger partial charge in [-0.2, -0.15) is 4.98 Å². The molecular weight excluding hydrogens is 344 g/mol. The number of aromatic nitrogens is 2. The van der Waals surface area contributed by atoms with Crippen LogP contribution in [0.5, 0.6) is 0 Å². The normalized spacial score (nSPS) is 13.8. The van der Waals surface area contributed by atoms with Gasteiger partial charge in [-0.1, -0.05) is 22.0 Å². The van der Waals surface area contributed by atoms with Crippen LogP contribution in [-0.4, -0.2) is 34.8 Å². The Bertz CT molecular complexity index is 650. The predicted octanol–water partition coefficient (Wildman–Crippen LogP) is 2.60. The van der Waals surface area contributed by atoms with Crippen LogP contribution in [0.3, 0.4) is 0 Å². The molecule has 1 aromatic carbocycles. The second-order valence-corrected chi connectivity index (χ2v) is 6.24. The smallest absolute Gasteiger partial charge is 0.224 e. The maximum Gasteiger partial charge on any atom is 0.224 e. The molecule has 2 heterocycles. The molecule has 116 valence electrons. The predicted molar refractivity (Wildman–Crippen MR) is 91.1 cm³/mol. The van der Waals surface area contributed by atoms with Crippen molar-refractivity contribution < 1.29 is 5.11 Å². The minimum absolute atomic E-state index is 0.172. The van der Waals surface area contributed by atoms with Crippen molar-refractivity contribution in [2.45, 2.75) is 19.4 Å². The van der Waals surface area contributed by atoms with Gasteiger partial charge in [-0.25, -0.2) is 4.98 Å². The summed E-state index contributed by atoms with van der Waals surface area (Å²) in [6.45, 7) is 2.67. The average Bonchev–Trinajstić information content (AvgIpc) is 2.55. The first-order valence-corrected chi connectivity index (χ1v) is 8.25. The Morgan fingerprint density at radius 1 is 1.27 bits per heavy atom. The summed E-state index contributed by atoms with van der Waals surface area (Å²) in [5.74, 6) is 1.56. The summed E-state index contributed by atoms with van der Waals surface area (Å²) in [5.41, 5.74) is 2.75. The van der Waals surface area contributed by atoms with Crippen LogP contribution in [0.4, 0.5) is 11.8 Å². The number of anilines is 2. The summed E-state index contributed by atoms with van der Waals surface area (Å²) in [6.07, 6.45) is 3.49. The Labute approximate surface area is 138 Å². The Hall–Kier alpha value is -1.66. The van der Waals surface area contributed by atoms with E-state index in [4.69, 9.17) is 5.11 Å². The third-order valence-corrected chi connectivity index (χ3v) is 4.26. The Balaban J connectivity index is 1.72. The maximum absolute atomic E-state index is 8.82. The number of benzene rings is 1. The number of nitrogens with one attached hydrogen (secondary N) is 1. The molecule has 0 radical (unpaired) electrons. The van der Waals surface area contributed by atoms with Gasteiger partial charge < -0.3 is 15.3 Å². The van der Waals surface area contributed by atoms with E-state index in [0.717, 1.165) is 29.8 Å². The van der Waals surface area contributed by atoms with Gasteiger partial charge in [-0.3, -0.25) is 0 Å². The quantitative estimate of drug-likeness (QED) is 0.800. The number of aliphatic hydroxyl groups is 1. The molecule has 0 atom stereocenters. The highest BCUT2D eigenvalue weighted by Crippen LogP contribution is 2.25. The highest BCUT2D eigenvalue weighted by Gasteiger charge is 2.18. The summed E-state index contributed by atoms with van der Waals surface area (Å²) in [4.78, 5) is 11.1. The molecule has 0 saturated carbocycles. The van der Waals surface area contributed by atoms with Crippen molar-refractivity contribution in [3.8, 4) is 0 Å². The van der Waals surface area contributed by atoms with Crippen molar-refractivity contribution in [3.63, 3.8) is 0 Å². The summed E-state index contributed by atoms with van der Waals surface area (Å²) < 4.78 is 1.14. The Kier molecular flexibility index (Phi) is 4.90. The molecule has 6 heteroatoms. The van der Waals surface area contributed by atoms with E-state index >= 15 is 0 Å². The monoisotopic (exact) mass is 362 g/mol. The second kappa shape index (κ2) is 7.07. The number of hydrogen-bond acceptors (Lipinski definition) is 5. The van der Waals surface area contributed by atoms with Gasteiger partial charge in [0.15, 0.2) is 0 Å². The van der Waals surface area contributed by atoms with E-state index in [-0.39, 0.29) is 6.61 Å². The van der Waals surface area contributed by atoms with Gasteiger partial charge in [-0.05, 0) is 42.2 Å². The van der Waals surface area contributed by atoms with E-state index in [1.165, 1.54) is 11.1 Å². The lowest BCUT2D eigenvalue weighted by Gasteiger charge is -2.30. The number of fused-ring (bicyclic) bond motifs is 1. The van der Waals surface area contributed by atoms with E-state index < -0.39 is 0 Å². The summed E-state index contributed by atoms with van der Waals surface area (Å²) in [6, 6.07) is 8.41. The van der Waals surface area contributed by atoms with Crippen LogP contribution in [0.15, 0.2) is 34.9 Å². The van der Waals surface area contributed by atoms with Gasteiger partial charge in [0.1, 0.15) is 5.82 Å². The highest BCUT2D eigenvalue weighted by molar-refractivity contribution is 9.10. The van der Waals surface area contributed by atoms with Crippen LogP contribution >= 0.6 is 15.9 Å². The minimum Gasteiger partial charge on any atom is -0.396 e. The molecule has 5 nitrogen and oxygen atoms in total. The molecule has 0 saturated heterocycles. The van der Waals surface area contributed by atoms with Crippen molar-refractivity contribution in [2.24, 2.45) is 0 Å². The molecule has 22 heavy (non-hydrogen) atoms. The third kappa shape index (κ3) is 3.56. The average molecular weight is 363 g/mol. The molecule has 0 aliphatic carbocycles. The van der Waals surface area contributed by atoms with Crippen LogP contribution in [0.1, 0.15) is 17.5 Å². The zero-order chi connectivity index (χ0) is 15.4. The molecule has 0 amide bonds. The second-order valence-electron chi connectivity index (χ2n) is 5.33. The van der Waals surface area contributed by atoms with Gasteiger partial charge in [0.2, 0.25) is 5.95 Å². The number of rotatable bonds is 5. The largest absolute Gasteiger partial charge is 0.396 e. The molecule has 0 unspecified atom stereocenters. The van der Waals surface area contributed by atoms with Gasteiger partial charge in [0.05, 0.1) is 0 Å². The lowest BCUT2D eigenvalue weighted by Crippen LogP contribution is -2.31. The fourth-order valence-electron chi connectivity index (χ4n) is 2.61. The Morgan fingerprint density at radius 3 is 3.05 bits per heavy atom. The number of nitrogens with zero attached hydrogens (tertiary/aromatic N) is 3. The molecule has 1 aliphatic rings. The van der Waals surface area contributed by atoms with Crippen molar-refractivity contribution in [1.29, 1.82) is 0 Å². The minimum atomic E-state index is 0.172. The van der Waals surface area contributed by atoms with Crippen molar-refractivity contribution in [1.82, 2.24) is 9.97 Å². The van der Waals surface area contributed by atoms with E-state index in [1.807, 2.05) is 6.07 Å². The van der Waals surface area contributed by atoms with E-state index in [1.54, 1.807) is 6.20 Å². The van der Waals surface area contributed by atoms with Gasteiger partial charge in [-0.15, -0.1) is 0 Å². The topological polar surface area (TPSA) is 61.3 Å². The molecule has 2 aromatic rings.